The van der Waals surface area contributed by atoms with Crippen LogP contribution in [-0.4, -0.2) is 36.9 Å². The third kappa shape index (κ3) is 5.52. The van der Waals surface area contributed by atoms with Crippen molar-refractivity contribution >= 4 is 21.7 Å². The fourth-order valence-corrected chi connectivity index (χ4v) is 2.37. The van der Waals surface area contributed by atoms with Crippen LogP contribution in [0.4, 0.5) is 0 Å². The summed E-state index contributed by atoms with van der Waals surface area (Å²) in [6.07, 6.45) is -0.269. The molecule has 0 aliphatic heterocycles. The minimum absolute atomic E-state index is 0.269. The molecule has 0 saturated heterocycles. The number of hydrogen-bond acceptors (Lipinski definition) is 4. The van der Waals surface area contributed by atoms with Gasteiger partial charge in [-0.1, -0.05) is 6.92 Å². The lowest BCUT2D eigenvalue weighted by molar-refractivity contribution is -0.140. The smallest absolute Gasteiger partial charge is 0.307 e. The van der Waals surface area contributed by atoms with Crippen LogP contribution < -0.4 is 5.73 Å². The molecule has 14 heavy (non-hydrogen) atoms. The average molecular weight is 223 g/mol. The Kier molecular flexibility index (Phi) is 4.55. The molecule has 0 aliphatic carbocycles. The van der Waals surface area contributed by atoms with E-state index in [0.29, 0.717) is 0 Å². The van der Waals surface area contributed by atoms with E-state index >= 15 is 0 Å². The summed E-state index contributed by atoms with van der Waals surface area (Å²) in [7, 11) is -3.50. The third-order valence-electron chi connectivity index (χ3n) is 1.58. The van der Waals surface area contributed by atoms with Gasteiger partial charge in [-0.15, -0.1) is 0 Å². The monoisotopic (exact) mass is 223 g/mol. The number of carbonyl (C=O) groups excluding carboxylic acids is 1. The molecule has 3 N–H and O–H groups in total. The highest BCUT2D eigenvalue weighted by Crippen LogP contribution is 2.03. The van der Waals surface area contributed by atoms with Gasteiger partial charge in [0.05, 0.1) is 17.4 Å². The number of primary amides is 1. The van der Waals surface area contributed by atoms with Crippen LogP contribution in [0.15, 0.2) is 0 Å². The third-order valence-corrected chi connectivity index (χ3v) is 3.42. The van der Waals surface area contributed by atoms with Crippen molar-refractivity contribution in [2.45, 2.75) is 13.3 Å². The van der Waals surface area contributed by atoms with E-state index in [-0.39, 0.29) is 12.2 Å². The lowest BCUT2D eigenvalue weighted by Gasteiger charge is -2.06. The summed E-state index contributed by atoms with van der Waals surface area (Å²) in [6.45, 7) is 1.30. The second-order valence-electron chi connectivity index (χ2n) is 3.07. The second-order valence-corrected chi connectivity index (χ2v) is 5.30. The Morgan fingerprint density at radius 3 is 2.29 bits per heavy atom. The number of aliphatic carboxylic acids is 1. The maximum Gasteiger partial charge on any atom is 0.307 e. The Balaban J connectivity index is 4.21. The molecular weight excluding hydrogens is 210 g/mol. The fraction of sp³-hybridized carbons (Fsp3) is 0.714. The van der Waals surface area contributed by atoms with Crippen molar-refractivity contribution < 1.29 is 23.1 Å². The number of amides is 1. The van der Waals surface area contributed by atoms with E-state index in [0.717, 1.165) is 0 Å². The molecule has 0 bridgehead atoms. The molecule has 0 saturated carbocycles. The first-order valence-corrected chi connectivity index (χ1v) is 5.78. The van der Waals surface area contributed by atoms with E-state index in [9.17, 15) is 18.0 Å². The van der Waals surface area contributed by atoms with Crippen LogP contribution in [0.2, 0.25) is 0 Å². The number of carboxylic acid groups (broad SMARTS) is 1. The zero-order chi connectivity index (χ0) is 11.4. The molecule has 1 atom stereocenters. The molecule has 1 unspecified atom stereocenters. The maximum atomic E-state index is 11.2. The summed E-state index contributed by atoms with van der Waals surface area (Å²) >= 11 is 0. The van der Waals surface area contributed by atoms with Gasteiger partial charge in [0.1, 0.15) is 0 Å². The quantitative estimate of drug-likeness (QED) is 0.599. The molecule has 1 amide bonds. The van der Waals surface area contributed by atoms with Crippen LogP contribution >= 0.6 is 0 Å². The molecule has 0 fully saturated rings. The number of carboxylic acids is 1. The van der Waals surface area contributed by atoms with Crippen LogP contribution in [0.5, 0.6) is 0 Å². The van der Waals surface area contributed by atoms with Crippen molar-refractivity contribution in [1.29, 1.82) is 0 Å². The Labute approximate surface area is 82.0 Å². The Hall–Kier alpha value is -1.11. The van der Waals surface area contributed by atoms with Crippen LogP contribution in [0, 0.1) is 5.92 Å². The van der Waals surface area contributed by atoms with Crippen LogP contribution in [-0.2, 0) is 19.4 Å². The molecule has 0 rings (SSSR count). The lowest BCUT2D eigenvalue weighted by Crippen LogP contribution is -2.25. The van der Waals surface area contributed by atoms with Gasteiger partial charge in [-0.25, -0.2) is 8.42 Å². The van der Waals surface area contributed by atoms with E-state index in [1.165, 1.54) is 6.92 Å². The minimum atomic E-state index is -3.50. The first kappa shape index (κ1) is 12.9. The topological polar surface area (TPSA) is 115 Å². The summed E-state index contributed by atoms with van der Waals surface area (Å²) in [5.74, 6) is -3.70. The Bertz CT molecular complexity index is 321. The highest BCUT2D eigenvalue weighted by atomic mass is 32.2. The number of sulfone groups is 1. The minimum Gasteiger partial charge on any atom is -0.481 e. The summed E-state index contributed by atoms with van der Waals surface area (Å²) in [5.41, 5.74) is 4.77. The van der Waals surface area contributed by atoms with E-state index in [2.05, 4.69) is 0 Å². The Morgan fingerprint density at radius 1 is 1.43 bits per heavy atom. The highest BCUT2D eigenvalue weighted by molar-refractivity contribution is 7.91. The number of nitrogens with two attached hydrogens (primary N) is 1. The van der Waals surface area contributed by atoms with Gasteiger partial charge in [0.2, 0.25) is 5.91 Å². The van der Waals surface area contributed by atoms with Crippen LogP contribution in [0.1, 0.15) is 13.3 Å². The van der Waals surface area contributed by atoms with Gasteiger partial charge in [0.25, 0.3) is 0 Å². The van der Waals surface area contributed by atoms with Crippen molar-refractivity contribution in [3.8, 4) is 0 Å². The summed E-state index contributed by atoms with van der Waals surface area (Å²) < 4.78 is 22.4. The van der Waals surface area contributed by atoms with Gasteiger partial charge < -0.3 is 10.8 Å². The molecule has 6 nitrogen and oxygen atoms in total. The van der Waals surface area contributed by atoms with Gasteiger partial charge in [-0.2, -0.15) is 0 Å². The van der Waals surface area contributed by atoms with Crippen molar-refractivity contribution in [2.24, 2.45) is 11.7 Å². The zero-order valence-electron chi connectivity index (χ0n) is 7.76. The number of carbonyl (C=O) groups is 2. The molecule has 0 radical (unpaired) electrons. The van der Waals surface area contributed by atoms with Crippen molar-refractivity contribution in [3.63, 3.8) is 0 Å². The van der Waals surface area contributed by atoms with Gasteiger partial charge in [-0.3, -0.25) is 9.59 Å². The van der Waals surface area contributed by atoms with Gasteiger partial charge in [0.15, 0.2) is 9.84 Å². The van der Waals surface area contributed by atoms with E-state index in [1.54, 1.807) is 0 Å². The molecule has 0 aliphatic rings. The summed E-state index contributed by atoms with van der Waals surface area (Å²) in [4.78, 5) is 20.7. The molecule has 7 heteroatoms. The fourth-order valence-electron chi connectivity index (χ4n) is 0.792. The normalized spacial score (nSPS) is 13.5. The zero-order valence-corrected chi connectivity index (χ0v) is 8.58. The van der Waals surface area contributed by atoms with E-state index in [4.69, 9.17) is 10.8 Å². The van der Waals surface area contributed by atoms with Crippen LogP contribution in [0.3, 0.4) is 0 Å². The Morgan fingerprint density at radius 2 is 1.93 bits per heavy atom. The van der Waals surface area contributed by atoms with Crippen molar-refractivity contribution in [3.05, 3.63) is 0 Å². The molecule has 82 valence electrons. The molecular formula is C7H13NO5S. The van der Waals surface area contributed by atoms with Gasteiger partial charge in [-0.05, 0) is 0 Å². The van der Waals surface area contributed by atoms with Crippen LogP contribution in [0.25, 0.3) is 0 Å². The van der Waals surface area contributed by atoms with Gasteiger partial charge >= 0.3 is 5.97 Å². The van der Waals surface area contributed by atoms with Gasteiger partial charge in [0, 0.05) is 6.42 Å². The second kappa shape index (κ2) is 4.94. The lowest BCUT2D eigenvalue weighted by atomic mass is 10.2. The maximum absolute atomic E-state index is 11.2. The average Bonchev–Trinajstić information content (AvgIpc) is 2.00. The molecule has 0 aromatic carbocycles. The first-order chi connectivity index (χ1) is 6.24. The van der Waals surface area contributed by atoms with Crippen molar-refractivity contribution in [2.75, 3.05) is 11.5 Å². The number of hydrogen-bond donors (Lipinski definition) is 2. The van der Waals surface area contributed by atoms with E-state index < -0.39 is 33.4 Å². The van der Waals surface area contributed by atoms with Crippen molar-refractivity contribution in [1.82, 2.24) is 0 Å². The van der Waals surface area contributed by atoms with E-state index in [1.807, 2.05) is 0 Å². The predicted octanol–water partition coefficient (Wildman–Crippen LogP) is -1.00. The standard InChI is InChI=1S/C7H13NO5S/c1-5(7(10)11)4-14(12,13)3-2-6(8)9/h5H,2-4H2,1H3,(H2,8,9)(H,10,11). The molecule has 0 spiro atoms. The predicted molar refractivity (Wildman–Crippen MR) is 49.3 cm³/mol. The molecule has 0 heterocycles. The largest absolute Gasteiger partial charge is 0.481 e. The molecule has 0 aromatic heterocycles. The summed E-state index contributed by atoms with van der Waals surface area (Å²) in [5, 5.41) is 8.47. The summed E-state index contributed by atoms with van der Waals surface area (Å²) in [6, 6.07) is 0. The highest BCUT2D eigenvalue weighted by Gasteiger charge is 2.21. The number of rotatable bonds is 6. The molecule has 0 aromatic rings. The first-order valence-electron chi connectivity index (χ1n) is 3.96. The SMILES string of the molecule is CC(CS(=O)(=O)CCC(N)=O)C(=O)O.